The molecular weight excluding hydrogens is 385 g/mol. The molecule has 1 unspecified atom stereocenters. The molecule has 2 aliphatic rings. The molecule has 1 aliphatic carbocycles. The van der Waals surface area contributed by atoms with Gasteiger partial charge in [-0.25, -0.2) is 4.79 Å². The maximum Gasteiger partial charge on any atom is 0.417 e. The van der Waals surface area contributed by atoms with E-state index in [0.717, 1.165) is 30.7 Å². The molecule has 140 valence electrons. The Labute approximate surface area is 157 Å². The van der Waals surface area contributed by atoms with Crippen LogP contribution < -0.4 is 4.90 Å². The van der Waals surface area contributed by atoms with Gasteiger partial charge in [0.25, 0.3) is 0 Å². The summed E-state index contributed by atoms with van der Waals surface area (Å²) >= 11 is 6.55. The number of carboxylic acid groups (broad SMARTS) is 1. The van der Waals surface area contributed by atoms with Gasteiger partial charge in [-0.1, -0.05) is 19.1 Å². The van der Waals surface area contributed by atoms with Crippen LogP contribution >= 0.6 is 24.0 Å². The molecular formula is C17H17F3N2O2S2. The van der Waals surface area contributed by atoms with E-state index >= 15 is 0 Å². The lowest BCUT2D eigenvalue weighted by Crippen LogP contribution is -2.41. The fraction of sp³-hybridized carbons (Fsp3) is 0.412. The van der Waals surface area contributed by atoms with Crippen molar-refractivity contribution in [2.75, 3.05) is 10.7 Å². The summed E-state index contributed by atoms with van der Waals surface area (Å²) in [4.78, 5) is 16.3. The number of carboxylic acids is 1. The molecule has 1 aromatic rings. The van der Waals surface area contributed by atoms with E-state index in [1.54, 1.807) is 6.20 Å². The lowest BCUT2D eigenvalue weighted by molar-refractivity contribution is -0.138. The van der Waals surface area contributed by atoms with E-state index in [9.17, 15) is 23.1 Å². The molecule has 0 radical (unpaired) electrons. The van der Waals surface area contributed by atoms with E-state index in [1.807, 2.05) is 13.0 Å². The molecule has 1 saturated carbocycles. The average Bonchev–Trinajstić information content (AvgIpc) is 3.38. The number of anilines is 1. The zero-order valence-corrected chi connectivity index (χ0v) is 15.5. The van der Waals surface area contributed by atoms with Crippen molar-refractivity contribution >= 4 is 35.6 Å². The predicted molar refractivity (Wildman–Crippen MR) is 97.6 cm³/mol. The van der Waals surface area contributed by atoms with Gasteiger partial charge in [0.15, 0.2) is 6.04 Å². The van der Waals surface area contributed by atoms with Crippen molar-refractivity contribution in [1.82, 2.24) is 4.98 Å². The van der Waals surface area contributed by atoms with E-state index in [2.05, 4.69) is 4.98 Å². The van der Waals surface area contributed by atoms with Crippen LogP contribution in [-0.2, 0) is 11.0 Å². The van der Waals surface area contributed by atoms with Gasteiger partial charge in [-0.2, -0.15) is 13.2 Å². The average molecular weight is 402 g/mol. The first-order valence-corrected chi connectivity index (χ1v) is 9.49. The van der Waals surface area contributed by atoms with Crippen LogP contribution in [0.25, 0.3) is 0 Å². The van der Waals surface area contributed by atoms with Crippen LogP contribution in [0.5, 0.6) is 0 Å². The first-order chi connectivity index (χ1) is 12.2. The van der Waals surface area contributed by atoms with Crippen LogP contribution in [0.3, 0.4) is 0 Å². The van der Waals surface area contributed by atoms with Crippen molar-refractivity contribution in [2.24, 2.45) is 5.92 Å². The lowest BCUT2D eigenvalue weighted by Gasteiger charge is -2.33. The standard InChI is InChI=1S/C17H17F3N2O2S2/c1-2-26-13-5-10(9-3-4-9)8-22(14(13)16(23)24)12-6-11(17(18,19)20)7-21-15(12)25/h5-9,14H,2-4H2,1H3,(H,21,25)(H,23,24). The molecule has 0 amide bonds. The predicted octanol–water partition coefficient (Wildman–Crippen LogP) is 4.97. The van der Waals surface area contributed by atoms with E-state index in [4.69, 9.17) is 12.2 Å². The van der Waals surface area contributed by atoms with Crippen molar-refractivity contribution in [3.8, 4) is 0 Å². The fourth-order valence-electron chi connectivity index (χ4n) is 2.86. The van der Waals surface area contributed by atoms with Gasteiger partial charge in [-0.3, -0.25) is 0 Å². The summed E-state index contributed by atoms with van der Waals surface area (Å²) in [6, 6.07) is -0.184. The van der Waals surface area contributed by atoms with Gasteiger partial charge in [-0.15, -0.1) is 11.8 Å². The van der Waals surface area contributed by atoms with Crippen LogP contribution in [-0.4, -0.2) is 27.9 Å². The van der Waals surface area contributed by atoms with E-state index < -0.39 is 23.8 Å². The normalized spacial score (nSPS) is 20.6. The highest BCUT2D eigenvalue weighted by Gasteiger charge is 2.38. The van der Waals surface area contributed by atoms with Gasteiger partial charge in [0.05, 0.1) is 11.3 Å². The zero-order chi connectivity index (χ0) is 19.1. The molecule has 0 bridgehead atoms. The Morgan fingerprint density at radius 1 is 1.46 bits per heavy atom. The molecule has 2 heterocycles. The molecule has 9 heteroatoms. The van der Waals surface area contributed by atoms with Gasteiger partial charge in [-0.05, 0) is 42.2 Å². The third-order valence-corrected chi connectivity index (χ3v) is 5.52. The highest BCUT2D eigenvalue weighted by molar-refractivity contribution is 8.03. The number of hydrogen-bond donors (Lipinski definition) is 2. The minimum Gasteiger partial charge on any atom is -0.479 e. The molecule has 0 aromatic carbocycles. The summed E-state index contributed by atoms with van der Waals surface area (Å²) < 4.78 is 39.4. The fourth-order valence-corrected chi connectivity index (χ4v) is 4.00. The zero-order valence-electron chi connectivity index (χ0n) is 13.8. The Morgan fingerprint density at radius 2 is 2.15 bits per heavy atom. The van der Waals surface area contributed by atoms with Crippen molar-refractivity contribution in [1.29, 1.82) is 0 Å². The Kier molecular flexibility index (Phi) is 5.21. The van der Waals surface area contributed by atoms with Crippen molar-refractivity contribution in [3.63, 3.8) is 0 Å². The summed E-state index contributed by atoms with van der Waals surface area (Å²) in [6.45, 7) is 1.90. The molecule has 0 spiro atoms. The number of allylic oxidation sites excluding steroid dienone is 2. The second kappa shape index (κ2) is 7.11. The van der Waals surface area contributed by atoms with E-state index in [-0.39, 0.29) is 10.3 Å². The number of pyridine rings is 1. The molecule has 1 atom stereocenters. The topological polar surface area (TPSA) is 56.3 Å². The SMILES string of the molecule is CCSC1=CC(C2CC2)=CN(c2cc(C(F)(F)F)c[nH]c2=S)C1C(=O)O. The first kappa shape index (κ1) is 19.0. The summed E-state index contributed by atoms with van der Waals surface area (Å²) in [5, 5.41) is 9.74. The maximum atomic E-state index is 13.1. The Morgan fingerprint density at radius 3 is 2.69 bits per heavy atom. The molecule has 1 aliphatic heterocycles. The molecule has 3 rings (SSSR count). The second-order valence-corrected chi connectivity index (χ2v) is 7.88. The van der Waals surface area contributed by atoms with E-state index in [0.29, 0.717) is 16.6 Å². The number of aliphatic carboxylic acids is 1. The van der Waals surface area contributed by atoms with Crippen LogP contribution in [0.15, 0.2) is 35.0 Å². The molecule has 0 saturated heterocycles. The molecule has 4 nitrogen and oxygen atoms in total. The quantitative estimate of drug-likeness (QED) is 0.682. The monoisotopic (exact) mass is 402 g/mol. The van der Waals surface area contributed by atoms with Gasteiger partial charge in [0, 0.05) is 17.3 Å². The van der Waals surface area contributed by atoms with Crippen LogP contribution in [0.2, 0.25) is 0 Å². The summed E-state index contributed by atoms with van der Waals surface area (Å²) in [5.41, 5.74) is 0.0822. The van der Waals surface area contributed by atoms with Gasteiger partial charge < -0.3 is 15.0 Å². The minimum absolute atomic E-state index is 0.0441. The number of H-pyrrole nitrogens is 1. The lowest BCUT2D eigenvalue weighted by atomic mass is 10.0. The van der Waals surface area contributed by atoms with Crippen molar-refractivity contribution in [3.05, 3.63) is 45.2 Å². The highest BCUT2D eigenvalue weighted by atomic mass is 32.2. The minimum atomic E-state index is -4.55. The number of carbonyl (C=O) groups is 1. The first-order valence-electron chi connectivity index (χ1n) is 8.09. The number of rotatable bonds is 5. The van der Waals surface area contributed by atoms with Gasteiger partial charge in [0.1, 0.15) is 4.64 Å². The Balaban J connectivity index is 2.13. The number of alkyl halides is 3. The largest absolute Gasteiger partial charge is 0.479 e. The van der Waals surface area contributed by atoms with Crippen LogP contribution in [0.4, 0.5) is 18.9 Å². The van der Waals surface area contributed by atoms with Crippen LogP contribution in [0.1, 0.15) is 25.3 Å². The maximum absolute atomic E-state index is 13.1. The number of hydrogen-bond acceptors (Lipinski definition) is 4. The van der Waals surface area contributed by atoms with Gasteiger partial charge >= 0.3 is 12.1 Å². The number of nitrogens with one attached hydrogen (secondary N) is 1. The third-order valence-electron chi connectivity index (χ3n) is 4.23. The highest BCUT2D eigenvalue weighted by Crippen LogP contribution is 2.43. The molecule has 26 heavy (non-hydrogen) atoms. The number of halogens is 3. The second-order valence-electron chi connectivity index (χ2n) is 6.13. The van der Waals surface area contributed by atoms with Crippen LogP contribution in [0, 0.1) is 10.6 Å². The molecule has 1 aromatic heterocycles. The summed E-state index contributed by atoms with van der Waals surface area (Å²) in [5.74, 6) is -0.144. The summed E-state index contributed by atoms with van der Waals surface area (Å²) in [7, 11) is 0. The number of aromatic nitrogens is 1. The van der Waals surface area contributed by atoms with Gasteiger partial charge in [0.2, 0.25) is 0 Å². The number of nitrogens with zero attached hydrogens (tertiary/aromatic N) is 1. The summed E-state index contributed by atoms with van der Waals surface area (Å²) in [6.07, 6.45) is 1.73. The third kappa shape index (κ3) is 3.83. The van der Waals surface area contributed by atoms with Crippen molar-refractivity contribution < 1.29 is 23.1 Å². The smallest absolute Gasteiger partial charge is 0.417 e. The van der Waals surface area contributed by atoms with Crippen molar-refractivity contribution in [2.45, 2.75) is 32.0 Å². The Hall–Kier alpha value is -1.74. The Bertz CT molecular complexity index is 841. The number of aromatic amines is 1. The number of thioether (sulfide) groups is 1. The van der Waals surface area contributed by atoms with E-state index in [1.165, 1.54) is 16.7 Å². The molecule has 1 fully saturated rings. The molecule has 2 N–H and O–H groups in total.